The van der Waals surface area contributed by atoms with Gasteiger partial charge in [-0.15, -0.1) is 5.10 Å². The van der Waals surface area contributed by atoms with Crippen molar-refractivity contribution in [1.82, 2.24) is 24.4 Å². The lowest BCUT2D eigenvalue weighted by atomic mass is 10.0. The number of Topliss-reactive ketones (excluding diaryl/α,β-unsaturated/α-hetero) is 2. The molecule has 8 heteroatoms. The number of aromatic nitrogens is 5. The highest BCUT2D eigenvalue weighted by Crippen LogP contribution is 2.11. The van der Waals surface area contributed by atoms with Crippen LogP contribution in [0.4, 0.5) is 0 Å². The lowest BCUT2D eigenvalue weighted by Gasteiger charge is -2.00. The minimum Gasteiger partial charge on any atom is -0.294 e. The Morgan fingerprint density at radius 1 is 1.09 bits per heavy atom. The lowest BCUT2D eigenvalue weighted by Crippen LogP contribution is -2.27. The van der Waals surface area contributed by atoms with Crippen LogP contribution in [0.2, 0.25) is 0 Å². The summed E-state index contributed by atoms with van der Waals surface area (Å²) >= 11 is 0. The second-order valence-electron chi connectivity index (χ2n) is 4.99. The van der Waals surface area contributed by atoms with Crippen LogP contribution in [-0.2, 0) is 7.05 Å². The summed E-state index contributed by atoms with van der Waals surface area (Å²) in [5.41, 5.74) is 0.270. The minimum atomic E-state index is -0.443. The highest BCUT2D eigenvalue weighted by Gasteiger charge is 2.18. The first-order valence-corrected chi connectivity index (χ1v) is 6.96. The molecule has 3 aromatic rings. The minimum absolute atomic E-state index is 0.00269. The SMILES string of the molecule is Cn1nnc2c(C(=O)CCC(=O)c3ccccc3)ncn2c1=O. The van der Waals surface area contributed by atoms with E-state index in [4.69, 9.17) is 0 Å². The van der Waals surface area contributed by atoms with E-state index in [0.29, 0.717) is 5.56 Å². The molecule has 23 heavy (non-hydrogen) atoms. The number of benzene rings is 1. The maximum atomic E-state index is 12.2. The van der Waals surface area contributed by atoms with E-state index < -0.39 is 5.69 Å². The van der Waals surface area contributed by atoms with Crippen LogP contribution in [0, 0.1) is 0 Å². The average molecular weight is 311 g/mol. The second-order valence-corrected chi connectivity index (χ2v) is 4.99. The molecule has 0 fully saturated rings. The van der Waals surface area contributed by atoms with Gasteiger partial charge in [0.25, 0.3) is 0 Å². The number of carbonyl (C=O) groups excluding carboxylic acids is 2. The van der Waals surface area contributed by atoms with Crippen molar-refractivity contribution in [3.05, 3.63) is 58.4 Å². The number of fused-ring (bicyclic) bond motifs is 1. The van der Waals surface area contributed by atoms with E-state index >= 15 is 0 Å². The maximum Gasteiger partial charge on any atom is 0.352 e. The van der Waals surface area contributed by atoms with Crippen molar-refractivity contribution >= 4 is 17.2 Å². The Kier molecular flexibility index (Phi) is 3.80. The zero-order valence-electron chi connectivity index (χ0n) is 12.3. The Morgan fingerprint density at radius 2 is 1.78 bits per heavy atom. The molecule has 0 aliphatic carbocycles. The van der Waals surface area contributed by atoms with Gasteiger partial charge in [0.1, 0.15) is 6.33 Å². The number of hydrogen-bond acceptors (Lipinski definition) is 6. The van der Waals surface area contributed by atoms with E-state index in [1.807, 2.05) is 6.07 Å². The topological polar surface area (TPSA) is 99.2 Å². The summed E-state index contributed by atoms with van der Waals surface area (Å²) in [6, 6.07) is 8.76. The van der Waals surface area contributed by atoms with Gasteiger partial charge in [-0.2, -0.15) is 4.68 Å². The molecule has 0 unspecified atom stereocenters. The quantitative estimate of drug-likeness (QED) is 0.642. The Labute approximate surface area is 130 Å². The smallest absolute Gasteiger partial charge is 0.294 e. The summed E-state index contributed by atoms with van der Waals surface area (Å²) in [4.78, 5) is 40.0. The van der Waals surface area contributed by atoms with Crippen LogP contribution in [-0.4, -0.2) is 35.9 Å². The molecule has 1 aromatic carbocycles. The van der Waals surface area contributed by atoms with Gasteiger partial charge in [-0.1, -0.05) is 35.5 Å². The van der Waals surface area contributed by atoms with Crippen molar-refractivity contribution in [2.45, 2.75) is 12.8 Å². The summed E-state index contributed by atoms with van der Waals surface area (Å²) in [5, 5.41) is 7.45. The van der Waals surface area contributed by atoms with Crippen molar-refractivity contribution < 1.29 is 9.59 Å². The first-order chi connectivity index (χ1) is 11.1. The van der Waals surface area contributed by atoms with Gasteiger partial charge in [-0.3, -0.25) is 9.59 Å². The molecule has 0 radical (unpaired) electrons. The van der Waals surface area contributed by atoms with Gasteiger partial charge in [0.05, 0.1) is 0 Å². The largest absolute Gasteiger partial charge is 0.352 e. The number of imidazole rings is 1. The maximum absolute atomic E-state index is 12.2. The van der Waals surface area contributed by atoms with Gasteiger partial charge < -0.3 is 0 Å². The van der Waals surface area contributed by atoms with E-state index in [-0.39, 0.29) is 35.7 Å². The van der Waals surface area contributed by atoms with Crippen LogP contribution in [0.1, 0.15) is 33.7 Å². The highest BCUT2D eigenvalue weighted by atomic mass is 16.2. The molecule has 116 valence electrons. The van der Waals surface area contributed by atoms with Crippen LogP contribution in [0.15, 0.2) is 41.5 Å². The Hall–Kier alpha value is -3.16. The summed E-state index contributed by atoms with van der Waals surface area (Å²) in [5.74, 6) is -0.469. The molecule has 3 rings (SSSR count). The first kappa shape index (κ1) is 14.8. The fourth-order valence-electron chi connectivity index (χ4n) is 2.19. The van der Waals surface area contributed by atoms with Gasteiger partial charge in [-0.05, 0) is 0 Å². The van der Waals surface area contributed by atoms with E-state index in [1.54, 1.807) is 24.3 Å². The van der Waals surface area contributed by atoms with Crippen LogP contribution in [0.3, 0.4) is 0 Å². The average Bonchev–Trinajstić information content (AvgIpc) is 3.01. The van der Waals surface area contributed by atoms with Crippen molar-refractivity contribution in [2.24, 2.45) is 7.05 Å². The summed E-state index contributed by atoms with van der Waals surface area (Å²) in [6.07, 6.45) is 1.30. The van der Waals surface area contributed by atoms with E-state index in [1.165, 1.54) is 13.4 Å². The van der Waals surface area contributed by atoms with E-state index in [2.05, 4.69) is 15.3 Å². The molecule has 0 saturated heterocycles. The molecular formula is C15H13N5O3. The molecule has 0 amide bonds. The summed E-state index contributed by atoms with van der Waals surface area (Å²) in [7, 11) is 1.45. The van der Waals surface area contributed by atoms with Gasteiger partial charge in [-0.25, -0.2) is 14.2 Å². The molecule has 0 aliphatic heterocycles. The first-order valence-electron chi connectivity index (χ1n) is 6.96. The molecule has 8 nitrogen and oxygen atoms in total. The van der Waals surface area contributed by atoms with Gasteiger partial charge >= 0.3 is 5.69 Å². The Bertz CT molecular complexity index is 943. The van der Waals surface area contributed by atoms with Gasteiger partial charge in [0.15, 0.2) is 22.9 Å². The molecule has 2 heterocycles. The molecular weight excluding hydrogens is 298 g/mol. The predicted octanol–water partition coefficient (Wildman–Crippen LogP) is 0.669. The number of ketones is 2. The molecule has 2 aromatic heterocycles. The van der Waals surface area contributed by atoms with Crippen LogP contribution in [0.25, 0.3) is 5.65 Å². The highest BCUT2D eigenvalue weighted by molar-refractivity contribution is 6.03. The summed E-state index contributed by atoms with van der Waals surface area (Å²) < 4.78 is 2.20. The number of carbonyl (C=O) groups is 2. The number of rotatable bonds is 5. The van der Waals surface area contributed by atoms with E-state index in [0.717, 1.165) is 9.08 Å². The molecule has 0 aliphatic rings. The fraction of sp³-hybridized carbons (Fsp3) is 0.200. The number of aryl methyl sites for hydroxylation is 1. The van der Waals surface area contributed by atoms with Gasteiger partial charge in [0, 0.05) is 25.5 Å². The number of hydrogen-bond donors (Lipinski definition) is 0. The fourth-order valence-corrected chi connectivity index (χ4v) is 2.19. The van der Waals surface area contributed by atoms with Crippen LogP contribution in [0.5, 0.6) is 0 Å². The Balaban J connectivity index is 1.78. The molecule has 0 bridgehead atoms. The summed E-state index contributed by atoms with van der Waals surface area (Å²) in [6.45, 7) is 0. The predicted molar refractivity (Wildman–Crippen MR) is 80.4 cm³/mol. The van der Waals surface area contributed by atoms with Crippen molar-refractivity contribution in [1.29, 1.82) is 0 Å². The third kappa shape index (κ3) is 2.78. The second kappa shape index (κ2) is 5.91. The van der Waals surface area contributed by atoms with Gasteiger partial charge in [0.2, 0.25) is 0 Å². The van der Waals surface area contributed by atoms with Crippen LogP contribution < -0.4 is 5.69 Å². The van der Waals surface area contributed by atoms with Crippen molar-refractivity contribution in [2.75, 3.05) is 0 Å². The van der Waals surface area contributed by atoms with Crippen LogP contribution >= 0.6 is 0 Å². The zero-order chi connectivity index (χ0) is 16.4. The van der Waals surface area contributed by atoms with Crippen molar-refractivity contribution in [3.8, 4) is 0 Å². The zero-order valence-corrected chi connectivity index (χ0v) is 12.3. The number of nitrogens with zero attached hydrogens (tertiary/aromatic N) is 5. The third-order valence-corrected chi connectivity index (χ3v) is 3.44. The standard InChI is InChI=1S/C15H13N5O3/c1-19-15(23)20-9-16-13(14(20)17-18-19)12(22)8-7-11(21)10-5-3-2-4-6-10/h2-6,9H,7-8H2,1H3. The molecule has 0 spiro atoms. The van der Waals surface area contributed by atoms with Crippen molar-refractivity contribution in [3.63, 3.8) is 0 Å². The Morgan fingerprint density at radius 3 is 2.52 bits per heavy atom. The monoisotopic (exact) mass is 311 g/mol. The molecule has 0 atom stereocenters. The lowest BCUT2D eigenvalue weighted by molar-refractivity contribution is 0.0916. The third-order valence-electron chi connectivity index (χ3n) is 3.44. The van der Waals surface area contributed by atoms with E-state index in [9.17, 15) is 14.4 Å². The molecule has 0 saturated carbocycles. The normalized spacial score (nSPS) is 10.8. The molecule has 0 N–H and O–H groups in total.